The fraction of sp³-hybridized carbons (Fsp3) is 0.240. The second kappa shape index (κ2) is 7.89. The van der Waals surface area contributed by atoms with Gasteiger partial charge in [-0.05, 0) is 46.8 Å². The first-order valence-electron chi connectivity index (χ1n) is 9.75. The van der Waals surface area contributed by atoms with E-state index in [1.54, 1.807) is 0 Å². The molecule has 28 heavy (non-hydrogen) atoms. The molecule has 3 nitrogen and oxygen atoms in total. The van der Waals surface area contributed by atoms with Crippen LogP contribution >= 0.6 is 0 Å². The van der Waals surface area contributed by atoms with E-state index in [1.807, 2.05) is 13.8 Å². The number of hydrogen-bond acceptors (Lipinski definition) is 3. The Bertz CT molecular complexity index is 892. The molecule has 1 aliphatic heterocycles. The van der Waals surface area contributed by atoms with Crippen molar-refractivity contribution in [3.63, 3.8) is 0 Å². The molecule has 0 spiro atoms. The molecule has 0 radical (unpaired) electrons. The van der Waals surface area contributed by atoms with Crippen molar-refractivity contribution in [3.8, 4) is 0 Å². The van der Waals surface area contributed by atoms with E-state index < -0.39 is 5.79 Å². The van der Waals surface area contributed by atoms with E-state index in [0.717, 1.165) is 18.4 Å². The first-order valence-corrected chi connectivity index (χ1v) is 9.75. The normalized spacial score (nSPS) is 15.0. The molecular formula is C25H25NO2. The van der Waals surface area contributed by atoms with E-state index >= 15 is 0 Å². The van der Waals surface area contributed by atoms with Crippen LogP contribution in [-0.4, -0.2) is 11.7 Å². The van der Waals surface area contributed by atoms with Gasteiger partial charge >= 0.3 is 0 Å². The van der Waals surface area contributed by atoms with Gasteiger partial charge in [0.25, 0.3) is 11.7 Å². The molecule has 0 unspecified atom stereocenters. The van der Waals surface area contributed by atoms with Crippen LogP contribution in [0.25, 0.3) is 0 Å². The van der Waals surface area contributed by atoms with Crippen molar-refractivity contribution in [2.24, 2.45) is 5.16 Å². The van der Waals surface area contributed by atoms with E-state index in [2.05, 4.69) is 90.1 Å². The van der Waals surface area contributed by atoms with Gasteiger partial charge in [-0.1, -0.05) is 72.8 Å². The standard InChI is InChI=1S/C25H25NO2/c1-25(2)27-24(26-28-25)22-16-13-19(14-17-22)15-18-23(20-9-5-3-6-10-20)21-11-7-4-8-12-21/h3-14,16-17,23H,15,18H2,1-2H3. The van der Waals surface area contributed by atoms with Gasteiger partial charge in [-0.15, -0.1) is 0 Å². The van der Waals surface area contributed by atoms with Crippen LogP contribution in [0.4, 0.5) is 0 Å². The third-order valence-corrected chi connectivity index (χ3v) is 5.02. The average Bonchev–Trinajstić information content (AvgIpc) is 3.10. The lowest BCUT2D eigenvalue weighted by atomic mass is 9.86. The van der Waals surface area contributed by atoms with Crippen LogP contribution in [0.15, 0.2) is 90.1 Å². The summed E-state index contributed by atoms with van der Waals surface area (Å²) in [4.78, 5) is 5.28. The summed E-state index contributed by atoms with van der Waals surface area (Å²) in [5.74, 6) is 0.244. The minimum atomic E-state index is -0.688. The van der Waals surface area contributed by atoms with Gasteiger partial charge in [0.05, 0.1) is 0 Å². The van der Waals surface area contributed by atoms with Gasteiger partial charge in [0.2, 0.25) is 0 Å². The van der Waals surface area contributed by atoms with Gasteiger partial charge in [0, 0.05) is 25.3 Å². The van der Waals surface area contributed by atoms with Gasteiger partial charge in [0.1, 0.15) is 0 Å². The molecule has 3 heteroatoms. The molecule has 3 aromatic carbocycles. The maximum atomic E-state index is 5.72. The van der Waals surface area contributed by atoms with Crippen LogP contribution < -0.4 is 0 Å². The van der Waals surface area contributed by atoms with Crippen LogP contribution in [0.3, 0.4) is 0 Å². The minimum Gasteiger partial charge on any atom is -0.431 e. The minimum absolute atomic E-state index is 0.388. The molecule has 0 N–H and O–H groups in total. The van der Waals surface area contributed by atoms with E-state index in [-0.39, 0.29) is 0 Å². The summed E-state index contributed by atoms with van der Waals surface area (Å²) < 4.78 is 5.72. The maximum absolute atomic E-state index is 5.72. The summed E-state index contributed by atoms with van der Waals surface area (Å²) in [5, 5.41) is 4.04. The smallest absolute Gasteiger partial charge is 0.271 e. The first-order chi connectivity index (χ1) is 13.6. The second-order valence-corrected chi connectivity index (χ2v) is 7.60. The third-order valence-electron chi connectivity index (χ3n) is 5.02. The van der Waals surface area contributed by atoms with E-state index in [9.17, 15) is 0 Å². The monoisotopic (exact) mass is 371 g/mol. The first kappa shape index (κ1) is 18.3. The quantitative estimate of drug-likeness (QED) is 0.540. The number of nitrogens with zero attached hydrogens (tertiary/aromatic N) is 1. The number of hydrogen-bond donors (Lipinski definition) is 0. The van der Waals surface area contributed by atoms with Crippen LogP contribution in [0.5, 0.6) is 0 Å². The maximum Gasteiger partial charge on any atom is 0.271 e. The lowest BCUT2D eigenvalue weighted by molar-refractivity contribution is -0.128. The van der Waals surface area contributed by atoms with Crippen molar-refractivity contribution < 1.29 is 9.57 Å². The lowest BCUT2D eigenvalue weighted by Crippen LogP contribution is -2.22. The molecule has 1 aliphatic rings. The Morgan fingerprint density at radius 1 is 0.786 bits per heavy atom. The van der Waals surface area contributed by atoms with Gasteiger partial charge in [-0.2, -0.15) is 0 Å². The van der Waals surface area contributed by atoms with Crippen LogP contribution in [-0.2, 0) is 16.0 Å². The Morgan fingerprint density at radius 2 is 1.36 bits per heavy atom. The number of benzene rings is 3. The summed E-state index contributed by atoms with van der Waals surface area (Å²) in [6, 6.07) is 29.9. The van der Waals surface area contributed by atoms with Gasteiger partial charge < -0.3 is 9.57 Å². The summed E-state index contributed by atoms with van der Waals surface area (Å²) in [7, 11) is 0. The van der Waals surface area contributed by atoms with Crippen molar-refractivity contribution in [2.75, 3.05) is 0 Å². The number of rotatable bonds is 6. The van der Waals surface area contributed by atoms with Crippen LogP contribution in [0, 0.1) is 0 Å². The Hall–Kier alpha value is -3.07. The summed E-state index contributed by atoms with van der Waals surface area (Å²) in [6.07, 6.45) is 2.06. The van der Waals surface area contributed by atoms with E-state index in [0.29, 0.717) is 11.8 Å². The Labute approximate surface area is 166 Å². The van der Waals surface area contributed by atoms with Crippen molar-refractivity contribution in [1.82, 2.24) is 0 Å². The van der Waals surface area contributed by atoms with Crippen LogP contribution in [0.2, 0.25) is 0 Å². The van der Waals surface area contributed by atoms with Gasteiger partial charge in [0.15, 0.2) is 0 Å². The molecule has 0 saturated carbocycles. The van der Waals surface area contributed by atoms with Crippen molar-refractivity contribution in [2.45, 2.75) is 38.4 Å². The predicted molar refractivity (Wildman–Crippen MR) is 112 cm³/mol. The van der Waals surface area contributed by atoms with Crippen molar-refractivity contribution in [1.29, 1.82) is 0 Å². The Kier molecular flexibility index (Phi) is 5.16. The highest BCUT2D eigenvalue weighted by molar-refractivity contribution is 5.94. The molecule has 0 atom stereocenters. The molecular weight excluding hydrogens is 346 g/mol. The molecule has 0 fully saturated rings. The second-order valence-electron chi connectivity index (χ2n) is 7.60. The van der Waals surface area contributed by atoms with E-state index in [1.165, 1.54) is 16.7 Å². The van der Waals surface area contributed by atoms with Gasteiger partial charge in [-0.25, -0.2) is 0 Å². The summed E-state index contributed by atoms with van der Waals surface area (Å²) in [5.41, 5.74) is 4.97. The Balaban J connectivity index is 1.47. The van der Waals surface area contributed by atoms with Crippen LogP contribution in [0.1, 0.15) is 48.4 Å². The highest BCUT2D eigenvalue weighted by Crippen LogP contribution is 2.29. The number of oxime groups is 1. The zero-order valence-electron chi connectivity index (χ0n) is 16.3. The Morgan fingerprint density at radius 3 is 1.86 bits per heavy atom. The topological polar surface area (TPSA) is 30.8 Å². The fourth-order valence-electron chi connectivity index (χ4n) is 3.55. The molecule has 0 aliphatic carbocycles. The number of aryl methyl sites for hydroxylation is 1. The zero-order chi connectivity index (χ0) is 19.4. The molecule has 0 aromatic heterocycles. The predicted octanol–water partition coefficient (Wildman–Crippen LogP) is 5.90. The largest absolute Gasteiger partial charge is 0.431 e. The SMILES string of the molecule is CC1(C)ON=C(c2ccc(CCC(c3ccccc3)c3ccccc3)cc2)O1. The molecule has 142 valence electrons. The van der Waals surface area contributed by atoms with Gasteiger partial charge in [-0.3, -0.25) is 0 Å². The van der Waals surface area contributed by atoms with Crippen molar-refractivity contribution >= 4 is 5.90 Å². The molecule has 0 saturated heterocycles. The summed E-state index contributed by atoms with van der Waals surface area (Å²) in [6.45, 7) is 3.70. The highest BCUT2D eigenvalue weighted by Gasteiger charge is 2.30. The summed E-state index contributed by atoms with van der Waals surface area (Å²) >= 11 is 0. The number of ether oxygens (including phenoxy) is 1. The average molecular weight is 371 g/mol. The zero-order valence-corrected chi connectivity index (χ0v) is 16.3. The molecule has 1 heterocycles. The third kappa shape index (κ3) is 4.25. The molecule has 0 amide bonds. The van der Waals surface area contributed by atoms with Crippen molar-refractivity contribution in [3.05, 3.63) is 107 Å². The molecule has 3 aromatic rings. The fourth-order valence-corrected chi connectivity index (χ4v) is 3.55. The van der Waals surface area contributed by atoms with E-state index in [4.69, 9.17) is 9.57 Å². The lowest BCUT2D eigenvalue weighted by Gasteiger charge is -2.18. The highest BCUT2D eigenvalue weighted by atomic mass is 16.8. The molecule has 0 bridgehead atoms. The molecule has 4 rings (SSSR count).